The Balaban J connectivity index is 2.02. The number of aliphatic hydroxyl groups excluding tert-OH is 1. The third-order valence-electron chi connectivity index (χ3n) is 3.07. The molecule has 2 rings (SSSR count). The van der Waals surface area contributed by atoms with Gasteiger partial charge in [-0.3, -0.25) is 10.1 Å². The van der Waals surface area contributed by atoms with Crippen molar-refractivity contribution in [2.24, 2.45) is 5.92 Å². The Bertz CT molecular complexity index is 474. The lowest BCUT2D eigenvalue weighted by Crippen LogP contribution is -2.29. The number of aromatic nitrogens is 1. The molecule has 2 amide bonds. The van der Waals surface area contributed by atoms with Crippen LogP contribution in [0.15, 0.2) is 18.3 Å². The molecule has 19 heavy (non-hydrogen) atoms. The van der Waals surface area contributed by atoms with E-state index in [0.29, 0.717) is 18.8 Å². The first-order chi connectivity index (χ1) is 9.10. The van der Waals surface area contributed by atoms with Crippen molar-refractivity contribution in [1.82, 2.24) is 9.88 Å². The lowest BCUT2D eigenvalue weighted by atomic mass is 10.1. The minimum Gasteiger partial charge on any atom is -0.465 e. The minimum atomic E-state index is -1.17. The van der Waals surface area contributed by atoms with E-state index < -0.39 is 6.09 Å². The molecular formula is C12H15N3O4. The summed E-state index contributed by atoms with van der Waals surface area (Å²) < 4.78 is 0. The van der Waals surface area contributed by atoms with Crippen LogP contribution in [0, 0.1) is 5.92 Å². The average molecular weight is 265 g/mol. The molecule has 102 valence electrons. The molecule has 0 aromatic carbocycles. The number of nitrogens with one attached hydrogen (secondary N) is 1. The third kappa shape index (κ3) is 3.19. The summed E-state index contributed by atoms with van der Waals surface area (Å²) in [6, 6.07) is 2.98. The molecule has 1 aliphatic rings. The lowest BCUT2D eigenvalue weighted by molar-refractivity contribution is 0.0776. The van der Waals surface area contributed by atoms with E-state index in [1.54, 1.807) is 4.90 Å². The van der Waals surface area contributed by atoms with E-state index >= 15 is 0 Å². The molecule has 1 fully saturated rings. The smallest absolute Gasteiger partial charge is 0.409 e. The van der Waals surface area contributed by atoms with E-state index in [1.165, 1.54) is 18.3 Å². The fourth-order valence-corrected chi connectivity index (χ4v) is 2.05. The van der Waals surface area contributed by atoms with E-state index in [9.17, 15) is 9.59 Å². The van der Waals surface area contributed by atoms with E-state index in [2.05, 4.69) is 10.3 Å². The summed E-state index contributed by atoms with van der Waals surface area (Å²) in [5.74, 6) is -0.0604. The zero-order chi connectivity index (χ0) is 13.8. The van der Waals surface area contributed by atoms with Gasteiger partial charge in [-0.25, -0.2) is 9.78 Å². The normalized spacial score (nSPS) is 18.4. The second-order valence-corrected chi connectivity index (χ2v) is 4.45. The number of nitrogens with zero attached hydrogens (tertiary/aromatic N) is 2. The van der Waals surface area contributed by atoms with Gasteiger partial charge in [0.1, 0.15) is 5.69 Å². The van der Waals surface area contributed by atoms with Gasteiger partial charge in [0.2, 0.25) is 0 Å². The Morgan fingerprint density at radius 1 is 1.47 bits per heavy atom. The van der Waals surface area contributed by atoms with Crippen molar-refractivity contribution in [1.29, 1.82) is 0 Å². The molecule has 1 aromatic heterocycles. The molecule has 0 bridgehead atoms. The molecule has 1 saturated heterocycles. The number of carbonyl (C=O) groups is 2. The summed E-state index contributed by atoms with van der Waals surface area (Å²) in [5, 5.41) is 19.7. The highest BCUT2D eigenvalue weighted by molar-refractivity contribution is 5.93. The van der Waals surface area contributed by atoms with Gasteiger partial charge in [-0.05, 0) is 18.6 Å². The molecule has 0 saturated carbocycles. The predicted octanol–water partition coefficient (Wildman–Crippen LogP) is 0.626. The summed E-state index contributed by atoms with van der Waals surface area (Å²) in [7, 11) is 0. The molecule has 0 spiro atoms. The van der Waals surface area contributed by atoms with Gasteiger partial charge in [0.15, 0.2) is 0 Å². The second kappa shape index (κ2) is 5.66. The Morgan fingerprint density at radius 3 is 2.79 bits per heavy atom. The second-order valence-electron chi connectivity index (χ2n) is 4.45. The van der Waals surface area contributed by atoms with Crippen LogP contribution >= 0.6 is 0 Å². The maximum Gasteiger partial charge on any atom is 0.409 e. The maximum atomic E-state index is 12.1. The van der Waals surface area contributed by atoms with Crippen LogP contribution in [0.1, 0.15) is 16.9 Å². The van der Waals surface area contributed by atoms with Crippen LogP contribution in [-0.2, 0) is 0 Å². The van der Waals surface area contributed by atoms with Gasteiger partial charge in [0, 0.05) is 25.6 Å². The third-order valence-corrected chi connectivity index (χ3v) is 3.07. The topological polar surface area (TPSA) is 103 Å². The van der Waals surface area contributed by atoms with Gasteiger partial charge >= 0.3 is 6.09 Å². The Labute approximate surface area is 109 Å². The zero-order valence-electron chi connectivity index (χ0n) is 10.2. The Hall–Kier alpha value is -2.15. The standard InChI is InChI=1S/C12H15N3O4/c16-7-8-3-4-15(6-8)11(17)10-2-1-9(5-13-10)14-12(18)19/h1-2,5,8,14,16H,3-4,6-7H2,(H,18,19). The van der Waals surface area contributed by atoms with E-state index in [-0.39, 0.29) is 24.1 Å². The zero-order valence-corrected chi connectivity index (χ0v) is 10.2. The number of aliphatic hydroxyl groups is 1. The summed E-state index contributed by atoms with van der Waals surface area (Å²) in [6.07, 6.45) is 0.924. The van der Waals surface area contributed by atoms with Gasteiger partial charge < -0.3 is 15.1 Å². The lowest BCUT2D eigenvalue weighted by Gasteiger charge is -2.15. The minimum absolute atomic E-state index is 0.0820. The molecule has 7 heteroatoms. The quantitative estimate of drug-likeness (QED) is 0.743. The number of amides is 2. The first-order valence-corrected chi connectivity index (χ1v) is 5.96. The van der Waals surface area contributed by atoms with Crippen LogP contribution < -0.4 is 5.32 Å². The van der Waals surface area contributed by atoms with E-state index in [1.807, 2.05) is 0 Å². The van der Waals surface area contributed by atoms with Crippen molar-refractivity contribution in [3.05, 3.63) is 24.0 Å². The van der Waals surface area contributed by atoms with E-state index in [4.69, 9.17) is 10.2 Å². The van der Waals surface area contributed by atoms with Crippen LogP contribution in [0.5, 0.6) is 0 Å². The summed E-state index contributed by atoms with van der Waals surface area (Å²) in [4.78, 5) is 28.1. The Morgan fingerprint density at radius 2 is 2.26 bits per heavy atom. The molecule has 0 radical (unpaired) electrons. The van der Waals surface area contributed by atoms with Crippen molar-refractivity contribution < 1.29 is 19.8 Å². The van der Waals surface area contributed by atoms with Crippen molar-refractivity contribution in [2.45, 2.75) is 6.42 Å². The van der Waals surface area contributed by atoms with Gasteiger partial charge in [-0.15, -0.1) is 0 Å². The number of rotatable bonds is 3. The maximum absolute atomic E-state index is 12.1. The molecule has 0 aliphatic carbocycles. The number of carboxylic acid groups (broad SMARTS) is 1. The van der Waals surface area contributed by atoms with Gasteiger partial charge in [-0.1, -0.05) is 0 Å². The van der Waals surface area contributed by atoms with Crippen LogP contribution in [-0.4, -0.2) is 51.8 Å². The van der Waals surface area contributed by atoms with Crippen LogP contribution in [0.4, 0.5) is 10.5 Å². The van der Waals surface area contributed by atoms with Crippen molar-refractivity contribution in [3.63, 3.8) is 0 Å². The van der Waals surface area contributed by atoms with Crippen LogP contribution in [0.25, 0.3) is 0 Å². The highest BCUT2D eigenvalue weighted by Gasteiger charge is 2.26. The summed E-state index contributed by atoms with van der Waals surface area (Å²) in [5.41, 5.74) is 0.591. The summed E-state index contributed by atoms with van der Waals surface area (Å²) in [6.45, 7) is 1.23. The first-order valence-electron chi connectivity index (χ1n) is 5.96. The van der Waals surface area contributed by atoms with Crippen molar-refractivity contribution in [3.8, 4) is 0 Å². The molecule has 1 aliphatic heterocycles. The number of hydrogen-bond acceptors (Lipinski definition) is 4. The van der Waals surface area contributed by atoms with E-state index in [0.717, 1.165) is 6.42 Å². The fourth-order valence-electron chi connectivity index (χ4n) is 2.05. The number of hydrogen-bond donors (Lipinski definition) is 3. The Kier molecular flexibility index (Phi) is 3.96. The molecule has 1 atom stereocenters. The molecular weight excluding hydrogens is 250 g/mol. The number of pyridine rings is 1. The fraction of sp³-hybridized carbons (Fsp3) is 0.417. The molecule has 1 unspecified atom stereocenters. The number of likely N-dealkylation sites (tertiary alicyclic amines) is 1. The molecule has 7 nitrogen and oxygen atoms in total. The van der Waals surface area contributed by atoms with Gasteiger partial charge in [-0.2, -0.15) is 0 Å². The van der Waals surface area contributed by atoms with Gasteiger partial charge in [0.25, 0.3) is 5.91 Å². The highest BCUT2D eigenvalue weighted by Crippen LogP contribution is 2.18. The van der Waals surface area contributed by atoms with Crippen molar-refractivity contribution >= 4 is 17.7 Å². The molecule has 2 heterocycles. The monoisotopic (exact) mass is 265 g/mol. The van der Waals surface area contributed by atoms with Crippen molar-refractivity contribution in [2.75, 3.05) is 25.0 Å². The van der Waals surface area contributed by atoms with Gasteiger partial charge in [0.05, 0.1) is 11.9 Å². The largest absolute Gasteiger partial charge is 0.465 e. The van der Waals surface area contributed by atoms with Crippen LogP contribution in [0.3, 0.4) is 0 Å². The number of carbonyl (C=O) groups excluding carboxylic acids is 1. The van der Waals surface area contributed by atoms with Crippen LogP contribution in [0.2, 0.25) is 0 Å². The highest BCUT2D eigenvalue weighted by atomic mass is 16.4. The number of anilines is 1. The molecule has 3 N–H and O–H groups in total. The first kappa shape index (κ1) is 13.3. The SMILES string of the molecule is O=C(O)Nc1ccc(C(=O)N2CCC(CO)C2)nc1. The summed E-state index contributed by atoms with van der Waals surface area (Å²) >= 11 is 0. The molecule has 1 aromatic rings. The average Bonchev–Trinajstić information content (AvgIpc) is 2.87. The predicted molar refractivity (Wildman–Crippen MR) is 67.0 cm³/mol.